The Morgan fingerprint density at radius 2 is 2.16 bits per heavy atom. The normalized spacial score (nSPS) is 12.3. The van der Waals surface area contributed by atoms with Gasteiger partial charge in [0.1, 0.15) is 5.82 Å². The largest absolute Gasteiger partial charge is 0.370 e. The molecule has 1 atom stereocenters. The first-order chi connectivity index (χ1) is 8.95. The predicted molar refractivity (Wildman–Crippen MR) is 81.2 cm³/mol. The fourth-order valence-electron chi connectivity index (χ4n) is 2.18. The molecule has 0 radical (unpaired) electrons. The van der Waals surface area contributed by atoms with Crippen molar-refractivity contribution in [3.05, 3.63) is 41.7 Å². The Balaban J connectivity index is 2.99. The molecule has 1 unspecified atom stereocenters. The molecule has 106 valence electrons. The first kappa shape index (κ1) is 15.7. The molecule has 0 amide bonds. The molecule has 1 aromatic rings. The predicted octanol–water partition coefficient (Wildman–Crippen LogP) is 3.90. The van der Waals surface area contributed by atoms with E-state index in [9.17, 15) is 4.39 Å². The Kier molecular flexibility index (Phi) is 6.03. The molecule has 0 saturated carbocycles. The first-order valence-corrected chi connectivity index (χ1v) is 6.84. The number of rotatable bonds is 7. The summed E-state index contributed by atoms with van der Waals surface area (Å²) in [6.07, 6.45) is 1.07. The van der Waals surface area contributed by atoms with Crippen molar-refractivity contribution in [2.45, 2.75) is 33.2 Å². The van der Waals surface area contributed by atoms with Gasteiger partial charge in [-0.15, -0.1) is 0 Å². The van der Waals surface area contributed by atoms with E-state index in [-0.39, 0.29) is 11.9 Å². The zero-order chi connectivity index (χ0) is 14.4. The zero-order valence-electron chi connectivity index (χ0n) is 12.5. The van der Waals surface area contributed by atoms with Gasteiger partial charge in [0.05, 0.1) is 0 Å². The lowest BCUT2D eigenvalue weighted by Gasteiger charge is -2.26. The summed E-state index contributed by atoms with van der Waals surface area (Å²) in [5.41, 5.74) is 3.14. The number of hydrogen-bond donors (Lipinski definition) is 1. The molecule has 1 aromatic carbocycles. The number of hydrogen-bond acceptors (Lipinski definition) is 2. The molecule has 0 aliphatic heterocycles. The summed E-state index contributed by atoms with van der Waals surface area (Å²) in [7, 11) is 2.01. The molecule has 1 rings (SSSR count). The van der Waals surface area contributed by atoms with Crippen molar-refractivity contribution in [3.63, 3.8) is 0 Å². The Morgan fingerprint density at radius 3 is 2.74 bits per heavy atom. The lowest BCUT2D eigenvalue weighted by molar-refractivity contribution is 0.561. The van der Waals surface area contributed by atoms with Crippen LogP contribution >= 0.6 is 0 Å². The number of likely N-dealkylation sites (N-methyl/N-ethyl adjacent to an activating group) is 1. The van der Waals surface area contributed by atoms with Gasteiger partial charge in [-0.25, -0.2) is 4.39 Å². The van der Waals surface area contributed by atoms with E-state index in [0.717, 1.165) is 36.3 Å². The number of halogens is 1. The smallest absolute Gasteiger partial charge is 0.123 e. The van der Waals surface area contributed by atoms with E-state index in [0.29, 0.717) is 0 Å². The van der Waals surface area contributed by atoms with Crippen LogP contribution in [0, 0.1) is 5.82 Å². The summed E-state index contributed by atoms with van der Waals surface area (Å²) < 4.78 is 13.5. The second-order valence-corrected chi connectivity index (χ2v) is 5.19. The molecule has 0 spiro atoms. The number of anilines is 1. The van der Waals surface area contributed by atoms with Crippen LogP contribution in [0.2, 0.25) is 0 Å². The van der Waals surface area contributed by atoms with Gasteiger partial charge in [0, 0.05) is 25.3 Å². The molecule has 0 fully saturated rings. The van der Waals surface area contributed by atoms with Crippen LogP contribution in [0.25, 0.3) is 0 Å². The van der Waals surface area contributed by atoms with Gasteiger partial charge in [0.2, 0.25) is 0 Å². The first-order valence-electron chi connectivity index (χ1n) is 6.84. The van der Waals surface area contributed by atoms with Crippen molar-refractivity contribution in [1.82, 2.24) is 5.32 Å². The van der Waals surface area contributed by atoms with E-state index >= 15 is 0 Å². The summed E-state index contributed by atoms with van der Waals surface area (Å²) in [4.78, 5) is 2.11. The second kappa shape index (κ2) is 7.29. The van der Waals surface area contributed by atoms with Gasteiger partial charge < -0.3 is 10.2 Å². The molecule has 0 bridgehead atoms. The highest BCUT2D eigenvalue weighted by Gasteiger charge is 2.14. The molecule has 0 saturated heterocycles. The van der Waals surface area contributed by atoms with Gasteiger partial charge in [0.15, 0.2) is 0 Å². The standard InChI is InChI=1S/C16H25FN2/c1-6-9-18-13(4)15-10-14(17)7-8-16(15)19(5)11-12(2)3/h7-8,10,13,18H,2,6,9,11H2,1,3-5H3. The van der Waals surface area contributed by atoms with Crippen molar-refractivity contribution in [1.29, 1.82) is 0 Å². The maximum absolute atomic E-state index is 13.5. The third-order valence-corrected chi connectivity index (χ3v) is 3.07. The van der Waals surface area contributed by atoms with Crippen molar-refractivity contribution >= 4 is 5.69 Å². The van der Waals surface area contributed by atoms with Crippen molar-refractivity contribution < 1.29 is 4.39 Å². The van der Waals surface area contributed by atoms with Crippen LogP contribution in [0.4, 0.5) is 10.1 Å². The minimum Gasteiger partial charge on any atom is -0.370 e. The Morgan fingerprint density at radius 1 is 1.47 bits per heavy atom. The Labute approximate surface area is 116 Å². The van der Waals surface area contributed by atoms with Crippen LogP contribution in [-0.4, -0.2) is 20.1 Å². The zero-order valence-corrected chi connectivity index (χ0v) is 12.5. The SMILES string of the molecule is C=C(C)CN(C)c1ccc(F)cc1C(C)NCCC. The molecule has 0 aliphatic carbocycles. The van der Waals surface area contributed by atoms with E-state index < -0.39 is 0 Å². The van der Waals surface area contributed by atoms with Gasteiger partial charge in [-0.2, -0.15) is 0 Å². The highest BCUT2D eigenvalue weighted by Crippen LogP contribution is 2.27. The van der Waals surface area contributed by atoms with Gasteiger partial charge in [-0.3, -0.25) is 0 Å². The monoisotopic (exact) mass is 264 g/mol. The van der Waals surface area contributed by atoms with E-state index in [1.54, 1.807) is 6.07 Å². The number of nitrogens with zero attached hydrogens (tertiary/aromatic N) is 1. The highest BCUT2D eigenvalue weighted by molar-refractivity contribution is 5.55. The molecule has 3 heteroatoms. The van der Waals surface area contributed by atoms with Gasteiger partial charge >= 0.3 is 0 Å². The number of nitrogens with one attached hydrogen (secondary N) is 1. The summed E-state index contributed by atoms with van der Waals surface area (Å²) in [5.74, 6) is -0.187. The van der Waals surface area contributed by atoms with Crippen molar-refractivity contribution in [2.75, 3.05) is 25.0 Å². The average molecular weight is 264 g/mol. The topological polar surface area (TPSA) is 15.3 Å². The third-order valence-electron chi connectivity index (χ3n) is 3.07. The minimum absolute atomic E-state index is 0.137. The molecule has 0 aliphatic rings. The molecule has 1 N–H and O–H groups in total. The summed E-state index contributed by atoms with van der Waals surface area (Å²) in [6.45, 7) is 11.8. The molecular weight excluding hydrogens is 239 g/mol. The van der Waals surface area contributed by atoms with Crippen molar-refractivity contribution in [2.24, 2.45) is 0 Å². The van der Waals surface area contributed by atoms with Crippen molar-refractivity contribution in [3.8, 4) is 0 Å². The quantitative estimate of drug-likeness (QED) is 0.751. The van der Waals surface area contributed by atoms with Crippen LogP contribution in [0.15, 0.2) is 30.4 Å². The van der Waals surface area contributed by atoms with Crippen LogP contribution in [0.3, 0.4) is 0 Å². The summed E-state index contributed by atoms with van der Waals surface area (Å²) >= 11 is 0. The number of benzene rings is 1. The molecule has 0 aromatic heterocycles. The fourth-order valence-corrected chi connectivity index (χ4v) is 2.18. The average Bonchev–Trinajstić information content (AvgIpc) is 2.34. The van der Waals surface area contributed by atoms with E-state index in [4.69, 9.17) is 0 Å². The summed E-state index contributed by atoms with van der Waals surface area (Å²) in [6, 6.07) is 5.12. The molecule has 19 heavy (non-hydrogen) atoms. The van der Waals surface area contributed by atoms with E-state index in [1.165, 1.54) is 6.07 Å². The maximum Gasteiger partial charge on any atom is 0.123 e. The Hall–Kier alpha value is -1.35. The molecule has 0 heterocycles. The molecular formula is C16H25FN2. The second-order valence-electron chi connectivity index (χ2n) is 5.19. The maximum atomic E-state index is 13.5. The van der Waals surface area contributed by atoms with Crippen LogP contribution in [0.1, 0.15) is 38.8 Å². The fraction of sp³-hybridized carbons (Fsp3) is 0.500. The van der Waals surface area contributed by atoms with E-state index in [2.05, 4.69) is 30.6 Å². The minimum atomic E-state index is -0.187. The lowest BCUT2D eigenvalue weighted by Crippen LogP contribution is -2.25. The van der Waals surface area contributed by atoms with Gasteiger partial charge in [-0.1, -0.05) is 19.1 Å². The third kappa shape index (κ3) is 4.67. The van der Waals surface area contributed by atoms with E-state index in [1.807, 2.05) is 20.0 Å². The lowest BCUT2D eigenvalue weighted by atomic mass is 10.0. The highest BCUT2D eigenvalue weighted by atomic mass is 19.1. The Bertz CT molecular complexity index is 429. The van der Waals surface area contributed by atoms with Gasteiger partial charge in [0.25, 0.3) is 0 Å². The van der Waals surface area contributed by atoms with Crippen LogP contribution in [0.5, 0.6) is 0 Å². The summed E-state index contributed by atoms with van der Waals surface area (Å²) in [5, 5.41) is 3.41. The molecule has 2 nitrogen and oxygen atoms in total. The van der Waals surface area contributed by atoms with Gasteiger partial charge in [-0.05, 0) is 50.6 Å². The van der Waals surface area contributed by atoms with Crippen LogP contribution in [-0.2, 0) is 0 Å². The van der Waals surface area contributed by atoms with Crippen LogP contribution < -0.4 is 10.2 Å².